The molecule has 2 amide bonds. The Morgan fingerprint density at radius 2 is 1.79 bits per heavy atom. The first-order valence-corrected chi connectivity index (χ1v) is 9.41. The lowest BCUT2D eigenvalue weighted by molar-refractivity contribution is -0.117. The first-order valence-electron chi connectivity index (χ1n) is 9.41. The topological polar surface area (TPSA) is 84.9 Å². The Hall–Kier alpha value is -3.61. The van der Waals surface area contributed by atoms with E-state index < -0.39 is 17.8 Å². The highest BCUT2D eigenvalue weighted by molar-refractivity contribution is 6.31. The number of hydrazine groups is 1. The number of hydrogen-bond donors (Lipinski definition) is 1. The molecule has 1 saturated heterocycles. The van der Waals surface area contributed by atoms with E-state index in [1.807, 2.05) is 19.1 Å². The standard InChI is InChI=1S/C22H22N2O5/c1-3-13-29-19-8-6-5-7-16(19)14-18-20(25)23-24(21(18)26)17-11-9-15(10-12-17)22(27)28-4-2/h5-12,14H,3-4,13H2,1-2H3,(H,23,25)/b18-14+. The van der Waals surface area contributed by atoms with Crippen molar-refractivity contribution < 1.29 is 23.9 Å². The van der Waals surface area contributed by atoms with Gasteiger partial charge in [-0.05, 0) is 49.8 Å². The van der Waals surface area contributed by atoms with Gasteiger partial charge in [-0.2, -0.15) is 0 Å². The molecule has 0 radical (unpaired) electrons. The van der Waals surface area contributed by atoms with Gasteiger partial charge in [-0.3, -0.25) is 15.0 Å². The predicted molar refractivity (Wildman–Crippen MR) is 108 cm³/mol. The molecule has 0 spiro atoms. The summed E-state index contributed by atoms with van der Waals surface area (Å²) in [6.07, 6.45) is 2.37. The second-order valence-electron chi connectivity index (χ2n) is 6.29. The fourth-order valence-electron chi connectivity index (χ4n) is 2.80. The highest BCUT2D eigenvalue weighted by Crippen LogP contribution is 2.26. The number of amides is 2. The lowest BCUT2D eigenvalue weighted by Crippen LogP contribution is -2.35. The molecule has 1 heterocycles. The highest BCUT2D eigenvalue weighted by Gasteiger charge is 2.34. The molecule has 3 rings (SSSR count). The minimum Gasteiger partial charge on any atom is -0.493 e. The van der Waals surface area contributed by atoms with Crippen LogP contribution < -0.4 is 15.2 Å². The van der Waals surface area contributed by atoms with E-state index in [1.165, 1.54) is 6.08 Å². The van der Waals surface area contributed by atoms with Crippen molar-refractivity contribution in [2.24, 2.45) is 0 Å². The molecule has 0 aromatic heterocycles. The van der Waals surface area contributed by atoms with Crippen molar-refractivity contribution in [3.63, 3.8) is 0 Å². The van der Waals surface area contributed by atoms with Gasteiger partial charge in [0.2, 0.25) is 0 Å². The Morgan fingerprint density at radius 3 is 2.48 bits per heavy atom. The van der Waals surface area contributed by atoms with E-state index in [-0.39, 0.29) is 12.2 Å². The molecule has 0 bridgehead atoms. The third-order valence-corrected chi connectivity index (χ3v) is 4.21. The van der Waals surface area contributed by atoms with Gasteiger partial charge < -0.3 is 9.47 Å². The largest absolute Gasteiger partial charge is 0.493 e. The SMILES string of the molecule is CCCOc1ccccc1/C=C1\C(=O)NN(c2ccc(C(=O)OCC)cc2)C1=O. The fourth-order valence-corrected chi connectivity index (χ4v) is 2.80. The lowest BCUT2D eigenvalue weighted by atomic mass is 10.1. The maximum atomic E-state index is 12.8. The average Bonchev–Trinajstić information content (AvgIpc) is 3.01. The highest BCUT2D eigenvalue weighted by atomic mass is 16.5. The molecule has 1 aliphatic rings. The molecule has 1 N–H and O–H groups in total. The lowest BCUT2D eigenvalue weighted by Gasteiger charge is -2.15. The Kier molecular flexibility index (Phi) is 6.29. The van der Waals surface area contributed by atoms with E-state index in [2.05, 4.69) is 5.43 Å². The molecule has 1 aliphatic heterocycles. The monoisotopic (exact) mass is 394 g/mol. The van der Waals surface area contributed by atoms with Gasteiger partial charge in [-0.15, -0.1) is 0 Å². The Morgan fingerprint density at radius 1 is 1.07 bits per heavy atom. The first kappa shape index (κ1) is 20.1. The third-order valence-electron chi connectivity index (χ3n) is 4.21. The van der Waals surface area contributed by atoms with E-state index in [9.17, 15) is 14.4 Å². The molecule has 1 fully saturated rings. The number of hydrogen-bond acceptors (Lipinski definition) is 5. The van der Waals surface area contributed by atoms with Gasteiger partial charge in [-0.1, -0.05) is 25.1 Å². The molecular weight excluding hydrogens is 372 g/mol. The van der Waals surface area contributed by atoms with Gasteiger partial charge in [0.25, 0.3) is 11.8 Å². The number of carbonyl (C=O) groups excluding carboxylic acids is 3. The van der Waals surface area contributed by atoms with Crippen molar-refractivity contribution in [2.75, 3.05) is 18.2 Å². The summed E-state index contributed by atoms with van der Waals surface area (Å²) in [5.41, 5.74) is 4.01. The van der Waals surface area contributed by atoms with Crippen LogP contribution in [0, 0.1) is 0 Å². The summed E-state index contributed by atoms with van der Waals surface area (Å²) in [6, 6.07) is 13.5. The number of anilines is 1. The Balaban J connectivity index is 1.83. The van der Waals surface area contributed by atoms with Crippen LogP contribution in [0.25, 0.3) is 6.08 Å². The number of carbonyl (C=O) groups is 3. The summed E-state index contributed by atoms with van der Waals surface area (Å²) >= 11 is 0. The van der Waals surface area contributed by atoms with Crippen molar-refractivity contribution in [1.82, 2.24) is 5.43 Å². The summed E-state index contributed by atoms with van der Waals surface area (Å²) in [6.45, 7) is 4.54. The second-order valence-corrected chi connectivity index (χ2v) is 6.29. The quantitative estimate of drug-likeness (QED) is 0.443. The van der Waals surface area contributed by atoms with Gasteiger partial charge in [0.15, 0.2) is 0 Å². The molecular formula is C22H22N2O5. The maximum absolute atomic E-state index is 12.8. The van der Waals surface area contributed by atoms with Crippen molar-refractivity contribution >= 4 is 29.5 Å². The summed E-state index contributed by atoms with van der Waals surface area (Å²) in [5.74, 6) is -0.821. The number of para-hydroxylation sites is 1. The zero-order valence-electron chi connectivity index (χ0n) is 16.3. The smallest absolute Gasteiger partial charge is 0.338 e. The van der Waals surface area contributed by atoms with Crippen molar-refractivity contribution in [3.8, 4) is 5.75 Å². The van der Waals surface area contributed by atoms with Crippen LogP contribution in [-0.2, 0) is 14.3 Å². The Bertz CT molecular complexity index is 950. The normalized spacial score (nSPS) is 14.8. The van der Waals surface area contributed by atoms with Crippen LogP contribution in [0.1, 0.15) is 36.2 Å². The molecule has 7 heteroatoms. The average molecular weight is 394 g/mol. The van der Waals surface area contributed by atoms with E-state index in [0.29, 0.717) is 29.2 Å². The summed E-state index contributed by atoms with van der Waals surface area (Å²) in [7, 11) is 0. The van der Waals surface area contributed by atoms with Gasteiger partial charge in [0.05, 0.1) is 24.5 Å². The van der Waals surface area contributed by atoms with E-state index in [0.717, 1.165) is 11.4 Å². The van der Waals surface area contributed by atoms with Crippen molar-refractivity contribution in [3.05, 3.63) is 65.2 Å². The molecule has 2 aromatic carbocycles. The molecule has 0 aliphatic carbocycles. The van der Waals surface area contributed by atoms with E-state index in [1.54, 1.807) is 43.3 Å². The molecule has 2 aromatic rings. The van der Waals surface area contributed by atoms with Crippen LogP contribution in [0.4, 0.5) is 5.69 Å². The molecule has 0 unspecified atom stereocenters. The minimum absolute atomic E-state index is 0.00650. The zero-order chi connectivity index (χ0) is 20.8. The van der Waals surface area contributed by atoms with Gasteiger partial charge in [0.1, 0.15) is 11.3 Å². The third kappa shape index (κ3) is 4.45. The number of benzene rings is 2. The number of nitrogens with zero attached hydrogens (tertiary/aromatic N) is 1. The number of rotatable bonds is 7. The van der Waals surface area contributed by atoms with Crippen LogP contribution in [-0.4, -0.2) is 31.0 Å². The second kappa shape index (κ2) is 9.05. The van der Waals surface area contributed by atoms with E-state index in [4.69, 9.17) is 9.47 Å². The number of esters is 1. The fraction of sp³-hybridized carbons (Fsp3) is 0.227. The van der Waals surface area contributed by atoms with Crippen molar-refractivity contribution in [1.29, 1.82) is 0 Å². The molecule has 0 saturated carbocycles. The number of ether oxygens (including phenoxy) is 2. The molecule has 7 nitrogen and oxygen atoms in total. The van der Waals surface area contributed by atoms with Gasteiger partial charge in [0, 0.05) is 5.56 Å². The van der Waals surface area contributed by atoms with Crippen LogP contribution >= 0.6 is 0 Å². The van der Waals surface area contributed by atoms with Crippen LogP contribution in [0.5, 0.6) is 5.75 Å². The van der Waals surface area contributed by atoms with Crippen LogP contribution in [0.15, 0.2) is 54.1 Å². The summed E-state index contributed by atoms with van der Waals surface area (Å²) in [5, 5.41) is 1.15. The van der Waals surface area contributed by atoms with E-state index >= 15 is 0 Å². The first-order chi connectivity index (χ1) is 14.0. The Labute approximate surface area is 168 Å². The number of nitrogens with one attached hydrogen (secondary N) is 1. The van der Waals surface area contributed by atoms with Gasteiger partial charge in [-0.25, -0.2) is 9.80 Å². The zero-order valence-corrected chi connectivity index (χ0v) is 16.3. The maximum Gasteiger partial charge on any atom is 0.338 e. The molecule has 150 valence electrons. The summed E-state index contributed by atoms with van der Waals surface area (Å²) in [4.78, 5) is 37.0. The summed E-state index contributed by atoms with van der Waals surface area (Å²) < 4.78 is 10.6. The molecule has 0 atom stereocenters. The van der Waals surface area contributed by atoms with Crippen molar-refractivity contribution in [2.45, 2.75) is 20.3 Å². The molecule has 29 heavy (non-hydrogen) atoms. The van der Waals surface area contributed by atoms with Gasteiger partial charge >= 0.3 is 5.97 Å². The van der Waals surface area contributed by atoms with Crippen LogP contribution in [0.2, 0.25) is 0 Å². The van der Waals surface area contributed by atoms with Crippen LogP contribution in [0.3, 0.4) is 0 Å². The predicted octanol–water partition coefficient (Wildman–Crippen LogP) is 3.11. The minimum atomic E-state index is -0.505.